The van der Waals surface area contributed by atoms with Gasteiger partial charge in [0.2, 0.25) is 0 Å². The number of aromatic nitrogens is 3. The van der Waals surface area contributed by atoms with Crippen molar-refractivity contribution in [1.82, 2.24) is 20.3 Å². The molecule has 104 valence electrons. The zero-order valence-electron chi connectivity index (χ0n) is 11.4. The van der Waals surface area contributed by atoms with Crippen molar-refractivity contribution in [3.05, 3.63) is 36.9 Å². The van der Waals surface area contributed by atoms with Crippen LogP contribution in [0.15, 0.2) is 36.9 Å². The zero-order chi connectivity index (χ0) is 13.6. The fraction of sp³-hybridized carbons (Fsp3) is 0.400. The maximum absolute atomic E-state index is 4.32. The topological polar surface area (TPSA) is 62.7 Å². The molecule has 0 saturated carbocycles. The summed E-state index contributed by atoms with van der Waals surface area (Å²) in [5.74, 6) is 1.63. The van der Waals surface area contributed by atoms with Crippen LogP contribution in [-0.2, 0) is 0 Å². The Morgan fingerprint density at radius 2 is 1.95 bits per heavy atom. The van der Waals surface area contributed by atoms with Crippen LogP contribution in [0.4, 0.5) is 5.82 Å². The zero-order valence-corrected chi connectivity index (χ0v) is 11.4. The van der Waals surface area contributed by atoms with Crippen LogP contribution in [0.2, 0.25) is 0 Å². The molecule has 2 N–H and O–H groups in total. The molecule has 2 aromatic rings. The molecule has 0 unspecified atom stereocenters. The second-order valence-electron chi connectivity index (χ2n) is 5.10. The van der Waals surface area contributed by atoms with Crippen molar-refractivity contribution in [3.63, 3.8) is 0 Å². The first-order valence-electron chi connectivity index (χ1n) is 7.09. The summed E-state index contributed by atoms with van der Waals surface area (Å²) in [4.78, 5) is 12.6. The predicted molar refractivity (Wildman–Crippen MR) is 79.3 cm³/mol. The van der Waals surface area contributed by atoms with Gasteiger partial charge in [0.1, 0.15) is 12.1 Å². The second-order valence-corrected chi connectivity index (χ2v) is 5.10. The maximum atomic E-state index is 4.32. The van der Waals surface area contributed by atoms with Gasteiger partial charge in [-0.3, -0.25) is 4.98 Å². The van der Waals surface area contributed by atoms with Gasteiger partial charge in [-0.25, -0.2) is 9.97 Å². The fourth-order valence-electron chi connectivity index (χ4n) is 2.47. The van der Waals surface area contributed by atoms with E-state index in [4.69, 9.17) is 0 Å². The molecule has 1 saturated heterocycles. The molecule has 1 fully saturated rings. The van der Waals surface area contributed by atoms with E-state index in [9.17, 15) is 0 Å². The van der Waals surface area contributed by atoms with Gasteiger partial charge in [-0.2, -0.15) is 0 Å². The van der Waals surface area contributed by atoms with Gasteiger partial charge in [0.25, 0.3) is 0 Å². The van der Waals surface area contributed by atoms with E-state index in [1.165, 1.54) is 12.8 Å². The number of nitrogens with zero attached hydrogens (tertiary/aromatic N) is 3. The Balaban J connectivity index is 1.65. The molecule has 0 aliphatic carbocycles. The molecule has 0 amide bonds. The second kappa shape index (κ2) is 6.43. The maximum Gasteiger partial charge on any atom is 0.129 e. The molecule has 0 atom stereocenters. The van der Waals surface area contributed by atoms with Crippen molar-refractivity contribution in [2.45, 2.75) is 12.8 Å². The Bertz CT molecular complexity index is 537. The Labute approximate surface area is 118 Å². The molecule has 1 aliphatic rings. The van der Waals surface area contributed by atoms with Gasteiger partial charge in [0.15, 0.2) is 0 Å². The van der Waals surface area contributed by atoms with Gasteiger partial charge in [-0.05, 0) is 44.0 Å². The molecule has 5 nitrogen and oxygen atoms in total. The number of rotatable bonds is 4. The lowest BCUT2D eigenvalue weighted by atomic mass is 9.98. The summed E-state index contributed by atoms with van der Waals surface area (Å²) in [6.07, 6.45) is 7.63. The molecular formula is C15H19N5. The minimum absolute atomic E-state index is 0.732. The highest BCUT2D eigenvalue weighted by Gasteiger charge is 2.12. The molecule has 3 rings (SSSR count). The molecule has 0 bridgehead atoms. The molecular weight excluding hydrogens is 250 g/mol. The normalized spacial score (nSPS) is 16.0. The Hall–Kier alpha value is -2.01. The van der Waals surface area contributed by atoms with Crippen molar-refractivity contribution < 1.29 is 0 Å². The third kappa shape index (κ3) is 3.30. The summed E-state index contributed by atoms with van der Waals surface area (Å²) >= 11 is 0. The van der Waals surface area contributed by atoms with Crippen molar-refractivity contribution in [1.29, 1.82) is 0 Å². The lowest BCUT2D eigenvalue weighted by Gasteiger charge is -2.22. The smallest absolute Gasteiger partial charge is 0.129 e. The molecule has 20 heavy (non-hydrogen) atoms. The van der Waals surface area contributed by atoms with E-state index < -0.39 is 0 Å². The lowest BCUT2D eigenvalue weighted by Crippen LogP contribution is -2.31. The highest BCUT2D eigenvalue weighted by Crippen LogP contribution is 2.18. The largest absolute Gasteiger partial charge is 0.370 e. The van der Waals surface area contributed by atoms with E-state index in [1.54, 1.807) is 18.7 Å². The number of anilines is 1. The first kappa shape index (κ1) is 13.0. The van der Waals surface area contributed by atoms with Crippen molar-refractivity contribution in [3.8, 4) is 11.3 Å². The van der Waals surface area contributed by atoms with Crippen LogP contribution in [0, 0.1) is 5.92 Å². The molecule has 0 radical (unpaired) electrons. The first-order chi connectivity index (χ1) is 9.92. The van der Waals surface area contributed by atoms with Crippen LogP contribution in [0.3, 0.4) is 0 Å². The van der Waals surface area contributed by atoms with Crippen LogP contribution in [-0.4, -0.2) is 34.6 Å². The van der Waals surface area contributed by atoms with Gasteiger partial charge in [-0.15, -0.1) is 0 Å². The standard InChI is InChI=1S/C15H19N5/c1-5-16-6-2-12(1)10-18-15-9-14(19-11-20-15)13-3-7-17-8-4-13/h3-4,7-9,11-12,16H,1-2,5-6,10H2,(H,18,19,20). The number of piperidine rings is 1. The summed E-state index contributed by atoms with van der Waals surface area (Å²) in [6, 6.07) is 5.91. The van der Waals surface area contributed by atoms with E-state index in [0.29, 0.717) is 0 Å². The van der Waals surface area contributed by atoms with Gasteiger partial charge >= 0.3 is 0 Å². The summed E-state index contributed by atoms with van der Waals surface area (Å²) in [5, 5.41) is 6.81. The average Bonchev–Trinajstić information content (AvgIpc) is 2.55. The minimum Gasteiger partial charge on any atom is -0.370 e. The van der Waals surface area contributed by atoms with Crippen LogP contribution < -0.4 is 10.6 Å². The predicted octanol–water partition coefficient (Wildman–Crippen LogP) is 1.95. The van der Waals surface area contributed by atoms with Gasteiger partial charge < -0.3 is 10.6 Å². The van der Waals surface area contributed by atoms with Crippen LogP contribution >= 0.6 is 0 Å². The van der Waals surface area contributed by atoms with Gasteiger partial charge in [-0.1, -0.05) is 0 Å². The van der Waals surface area contributed by atoms with Crippen molar-refractivity contribution in [2.24, 2.45) is 5.92 Å². The SMILES string of the molecule is c1cc(-c2cc(NCC3CCNCC3)ncn2)ccn1. The highest BCUT2D eigenvalue weighted by atomic mass is 15.0. The highest BCUT2D eigenvalue weighted by molar-refractivity contribution is 5.61. The number of hydrogen-bond donors (Lipinski definition) is 2. The number of hydrogen-bond acceptors (Lipinski definition) is 5. The first-order valence-corrected chi connectivity index (χ1v) is 7.09. The molecule has 5 heteroatoms. The quantitative estimate of drug-likeness (QED) is 0.888. The molecule has 1 aliphatic heterocycles. The van der Waals surface area contributed by atoms with Crippen LogP contribution in [0.25, 0.3) is 11.3 Å². The minimum atomic E-state index is 0.732. The van der Waals surface area contributed by atoms with Crippen molar-refractivity contribution >= 4 is 5.82 Å². The Kier molecular flexibility index (Phi) is 4.18. The Morgan fingerprint density at radius 3 is 2.75 bits per heavy atom. The lowest BCUT2D eigenvalue weighted by molar-refractivity contribution is 0.389. The van der Waals surface area contributed by atoms with Crippen LogP contribution in [0.5, 0.6) is 0 Å². The van der Waals surface area contributed by atoms with E-state index in [-0.39, 0.29) is 0 Å². The Morgan fingerprint density at radius 1 is 1.15 bits per heavy atom. The third-order valence-electron chi connectivity index (χ3n) is 3.67. The summed E-state index contributed by atoms with van der Waals surface area (Å²) in [5.41, 5.74) is 1.99. The summed E-state index contributed by atoms with van der Waals surface area (Å²) in [7, 11) is 0. The number of pyridine rings is 1. The van der Waals surface area contributed by atoms with Crippen molar-refractivity contribution in [2.75, 3.05) is 25.0 Å². The van der Waals surface area contributed by atoms with E-state index in [2.05, 4.69) is 25.6 Å². The van der Waals surface area contributed by atoms with Gasteiger partial charge in [0, 0.05) is 30.6 Å². The van der Waals surface area contributed by atoms with E-state index >= 15 is 0 Å². The monoisotopic (exact) mass is 269 g/mol. The van der Waals surface area contributed by atoms with E-state index in [0.717, 1.165) is 42.6 Å². The van der Waals surface area contributed by atoms with E-state index in [1.807, 2.05) is 18.2 Å². The third-order valence-corrected chi connectivity index (χ3v) is 3.67. The van der Waals surface area contributed by atoms with Crippen LogP contribution in [0.1, 0.15) is 12.8 Å². The molecule has 3 heterocycles. The molecule has 0 spiro atoms. The average molecular weight is 269 g/mol. The fourth-order valence-corrected chi connectivity index (χ4v) is 2.47. The van der Waals surface area contributed by atoms with Gasteiger partial charge in [0.05, 0.1) is 5.69 Å². The summed E-state index contributed by atoms with van der Waals surface area (Å²) in [6.45, 7) is 3.23. The summed E-state index contributed by atoms with van der Waals surface area (Å²) < 4.78 is 0. The molecule has 0 aromatic carbocycles. The number of nitrogens with one attached hydrogen (secondary N) is 2. The molecule has 2 aromatic heterocycles.